The molecule has 1 N–H and O–H groups in total. The average Bonchev–Trinajstić information content (AvgIpc) is 2.88. The second-order valence-corrected chi connectivity index (χ2v) is 4.36. The molecule has 0 aromatic heterocycles. The van der Waals surface area contributed by atoms with Crippen LogP contribution in [0.15, 0.2) is 40.9 Å². The van der Waals surface area contributed by atoms with Crippen LogP contribution < -0.4 is 5.43 Å². The highest BCUT2D eigenvalue weighted by molar-refractivity contribution is 6.15. The molecule has 3 heteroatoms. The summed E-state index contributed by atoms with van der Waals surface area (Å²) in [5.74, 6) is 0.978. The maximum Gasteiger partial charge on any atom is 0.123 e. The van der Waals surface area contributed by atoms with E-state index in [1.54, 1.807) is 0 Å². The maximum absolute atomic E-state index is 4.50. The number of unbranched alkanes of at least 4 members (excludes halogenated alkanes) is 1. The molecule has 0 saturated heterocycles. The van der Waals surface area contributed by atoms with Gasteiger partial charge in [-0.15, -0.1) is 0 Å². The van der Waals surface area contributed by atoms with Gasteiger partial charge in [-0.2, -0.15) is 5.10 Å². The van der Waals surface area contributed by atoms with Crippen LogP contribution in [0.25, 0.3) is 6.08 Å². The van der Waals surface area contributed by atoms with Crippen molar-refractivity contribution in [2.24, 2.45) is 10.1 Å². The molecular weight excluding hydrogens is 222 g/mol. The zero-order valence-electron chi connectivity index (χ0n) is 10.8. The average molecular weight is 241 g/mol. The summed E-state index contributed by atoms with van der Waals surface area (Å²) in [5.41, 5.74) is 6.34. The predicted octanol–water partition coefficient (Wildman–Crippen LogP) is 3.23. The molecule has 0 atom stereocenters. The van der Waals surface area contributed by atoms with Gasteiger partial charge in [0.25, 0.3) is 0 Å². The molecule has 1 aliphatic heterocycles. The fourth-order valence-corrected chi connectivity index (χ4v) is 1.81. The van der Waals surface area contributed by atoms with E-state index in [0.717, 1.165) is 42.1 Å². The highest BCUT2D eigenvalue weighted by Gasteiger charge is 2.14. The summed E-state index contributed by atoms with van der Waals surface area (Å²) >= 11 is 0. The molecule has 0 radical (unpaired) electrons. The monoisotopic (exact) mass is 241 g/mol. The number of amidine groups is 1. The number of hydrogen-bond acceptors (Lipinski definition) is 2. The largest absolute Gasteiger partial charge is 0.271 e. The van der Waals surface area contributed by atoms with Crippen molar-refractivity contribution in [1.29, 1.82) is 0 Å². The predicted molar refractivity (Wildman–Crippen MR) is 78.0 cm³/mol. The smallest absolute Gasteiger partial charge is 0.123 e. The fourth-order valence-electron chi connectivity index (χ4n) is 1.81. The molecule has 18 heavy (non-hydrogen) atoms. The van der Waals surface area contributed by atoms with E-state index >= 15 is 0 Å². The molecule has 0 saturated carbocycles. The molecule has 0 unspecified atom stereocenters. The molecule has 0 bridgehead atoms. The van der Waals surface area contributed by atoms with Crippen molar-refractivity contribution in [1.82, 2.24) is 5.43 Å². The van der Waals surface area contributed by atoms with E-state index < -0.39 is 0 Å². The molecule has 0 amide bonds. The molecule has 2 rings (SSSR count). The topological polar surface area (TPSA) is 36.8 Å². The van der Waals surface area contributed by atoms with Crippen molar-refractivity contribution in [3.8, 4) is 0 Å². The third-order valence-corrected chi connectivity index (χ3v) is 2.95. The summed E-state index contributed by atoms with van der Waals surface area (Å²) < 4.78 is 0. The van der Waals surface area contributed by atoms with Crippen LogP contribution in [0.5, 0.6) is 0 Å². The van der Waals surface area contributed by atoms with E-state index in [4.69, 9.17) is 0 Å². The Morgan fingerprint density at radius 3 is 2.83 bits per heavy atom. The number of aliphatic imine (C=N–C) groups is 1. The molecule has 94 valence electrons. The highest BCUT2D eigenvalue weighted by Crippen LogP contribution is 2.11. The Hall–Kier alpha value is -1.90. The summed E-state index contributed by atoms with van der Waals surface area (Å²) in [6.07, 6.45) is 4.95. The molecule has 1 aromatic carbocycles. The SMILES string of the molecule is C=Cc1ccc(C2=NNC(=NCCCC)C2)cc1. The van der Waals surface area contributed by atoms with Gasteiger partial charge < -0.3 is 0 Å². The minimum atomic E-state index is 0.803. The van der Waals surface area contributed by atoms with Gasteiger partial charge in [-0.25, -0.2) is 0 Å². The zero-order chi connectivity index (χ0) is 12.8. The minimum absolute atomic E-state index is 0.803. The second-order valence-electron chi connectivity index (χ2n) is 4.36. The minimum Gasteiger partial charge on any atom is -0.271 e. The van der Waals surface area contributed by atoms with E-state index in [9.17, 15) is 0 Å². The third kappa shape index (κ3) is 3.06. The first kappa shape index (κ1) is 12.6. The van der Waals surface area contributed by atoms with Gasteiger partial charge in [0.2, 0.25) is 0 Å². The van der Waals surface area contributed by atoms with Gasteiger partial charge in [-0.1, -0.05) is 50.3 Å². The van der Waals surface area contributed by atoms with Crippen LogP contribution in [0.2, 0.25) is 0 Å². The summed E-state index contributed by atoms with van der Waals surface area (Å²) in [6.45, 7) is 6.81. The zero-order valence-corrected chi connectivity index (χ0v) is 10.8. The lowest BCUT2D eigenvalue weighted by molar-refractivity contribution is 0.802. The first-order chi connectivity index (χ1) is 8.83. The van der Waals surface area contributed by atoms with Crippen molar-refractivity contribution in [3.05, 3.63) is 42.0 Å². The number of hydrazone groups is 1. The van der Waals surface area contributed by atoms with Gasteiger partial charge in [-0.3, -0.25) is 10.4 Å². The first-order valence-electron chi connectivity index (χ1n) is 6.42. The van der Waals surface area contributed by atoms with E-state index in [-0.39, 0.29) is 0 Å². The van der Waals surface area contributed by atoms with Gasteiger partial charge in [0, 0.05) is 6.54 Å². The van der Waals surface area contributed by atoms with Gasteiger partial charge >= 0.3 is 0 Å². The van der Waals surface area contributed by atoms with Crippen LogP contribution in [0.4, 0.5) is 0 Å². The molecule has 0 aliphatic carbocycles. The Morgan fingerprint density at radius 1 is 1.39 bits per heavy atom. The van der Waals surface area contributed by atoms with Crippen molar-refractivity contribution in [2.75, 3.05) is 6.54 Å². The summed E-state index contributed by atoms with van der Waals surface area (Å²) in [4.78, 5) is 4.50. The lowest BCUT2D eigenvalue weighted by Crippen LogP contribution is -2.11. The molecule has 3 nitrogen and oxygen atoms in total. The standard InChI is InChI=1S/C15H19N3/c1-3-5-10-16-15-11-14(17-18-15)13-8-6-12(4-2)7-9-13/h4,6-9H,2-3,5,10-11H2,1H3,(H,16,18). The number of nitrogens with one attached hydrogen (secondary N) is 1. The highest BCUT2D eigenvalue weighted by atomic mass is 15.3. The van der Waals surface area contributed by atoms with Crippen molar-refractivity contribution >= 4 is 17.6 Å². The number of benzene rings is 1. The normalized spacial score (nSPS) is 16.5. The molecule has 0 spiro atoms. The molecule has 0 fully saturated rings. The van der Waals surface area contributed by atoms with Gasteiger partial charge in [-0.05, 0) is 17.5 Å². The van der Waals surface area contributed by atoms with Crippen molar-refractivity contribution < 1.29 is 0 Å². The van der Waals surface area contributed by atoms with Crippen molar-refractivity contribution in [2.45, 2.75) is 26.2 Å². The Kier molecular flexibility index (Phi) is 4.29. The van der Waals surface area contributed by atoms with Crippen LogP contribution in [0, 0.1) is 0 Å². The number of rotatable bonds is 5. The lowest BCUT2D eigenvalue weighted by Gasteiger charge is -1.99. The summed E-state index contributed by atoms with van der Waals surface area (Å²) in [7, 11) is 0. The van der Waals surface area contributed by atoms with Crippen LogP contribution in [-0.2, 0) is 0 Å². The lowest BCUT2D eigenvalue weighted by atomic mass is 10.1. The van der Waals surface area contributed by atoms with Gasteiger partial charge in [0.15, 0.2) is 0 Å². The Labute approximate surface area is 108 Å². The Balaban J connectivity index is 1.99. The van der Waals surface area contributed by atoms with E-state index in [1.807, 2.05) is 6.08 Å². The number of hydrogen-bond donors (Lipinski definition) is 1. The van der Waals surface area contributed by atoms with E-state index in [0.29, 0.717) is 0 Å². The van der Waals surface area contributed by atoms with Crippen molar-refractivity contribution in [3.63, 3.8) is 0 Å². The first-order valence-corrected chi connectivity index (χ1v) is 6.42. The third-order valence-electron chi connectivity index (χ3n) is 2.95. The molecule has 1 heterocycles. The van der Waals surface area contributed by atoms with Crippen LogP contribution >= 0.6 is 0 Å². The molecule has 1 aliphatic rings. The Bertz CT molecular complexity index is 469. The summed E-state index contributed by atoms with van der Waals surface area (Å²) in [5, 5.41) is 4.33. The molecule has 1 aromatic rings. The van der Waals surface area contributed by atoms with Crippen LogP contribution in [0.3, 0.4) is 0 Å². The van der Waals surface area contributed by atoms with Gasteiger partial charge in [0.1, 0.15) is 5.84 Å². The number of nitrogens with zero attached hydrogens (tertiary/aromatic N) is 2. The fraction of sp³-hybridized carbons (Fsp3) is 0.333. The summed E-state index contributed by atoms with van der Waals surface area (Å²) in [6, 6.07) is 8.26. The Morgan fingerprint density at radius 2 is 2.17 bits per heavy atom. The second kappa shape index (κ2) is 6.15. The van der Waals surface area contributed by atoms with E-state index in [1.165, 1.54) is 6.42 Å². The van der Waals surface area contributed by atoms with E-state index in [2.05, 4.69) is 53.3 Å². The molecular formula is C15H19N3. The van der Waals surface area contributed by atoms with Crippen LogP contribution in [0.1, 0.15) is 37.3 Å². The quantitative estimate of drug-likeness (QED) is 0.789. The maximum atomic E-state index is 4.50. The van der Waals surface area contributed by atoms with Gasteiger partial charge in [0.05, 0.1) is 12.1 Å². The van der Waals surface area contributed by atoms with Crippen LogP contribution in [-0.4, -0.2) is 18.1 Å².